The second kappa shape index (κ2) is 12.3. The third-order valence-electron chi connectivity index (χ3n) is 9.50. The van der Waals surface area contributed by atoms with Crippen LogP contribution in [-0.4, -0.2) is 9.97 Å². The van der Waals surface area contributed by atoms with Crippen molar-refractivity contribution in [3.63, 3.8) is 0 Å². The van der Waals surface area contributed by atoms with Crippen molar-refractivity contribution in [2.75, 3.05) is 0 Å². The average Bonchev–Trinajstić information content (AvgIpc) is 3.20. The van der Waals surface area contributed by atoms with Crippen LogP contribution in [-0.2, 0) is 0 Å². The molecule has 0 radical (unpaired) electrons. The fourth-order valence-corrected chi connectivity index (χ4v) is 6.99. The second-order valence-electron chi connectivity index (χ2n) is 12.5. The number of aromatic nitrogens is 2. The van der Waals surface area contributed by atoms with Crippen molar-refractivity contribution in [1.82, 2.24) is 9.97 Å². The van der Waals surface area contributed by atoms with Crippen molar-refractivity contribution in [2.24, 2.45) is 0 Å². The van der Waals surface area contributed by atoms with Crippen molar-refractivity contribution in [3.05, 3.63) is 181 Å². The molecule has 0 aliphatic carbocycles. The van der Waals surface area contributed by atoms with Crippen molar-refractivity contribution in [2.45, 2.75) is 0 Å². The molecule has 1 aromatic heterocycles. The lowest BCUT2D eigenvalue weighted by atomic mass is 9.89. The Bertz CT molecular complexity index is 2740. The maximum absolute atomic E-state index is 9.40. The molecule has 0 unspecified atom stereocenters. The van der Waals surface area contributed by atoms with Gasteiger partial charge in [-0.2, -0.15) is 5.26 Å². The van der Waals surface area contributed by atoms with E-state index in [4.69, 9.17) is 9.97 Å². The topological polar surface area (TPSA) is 49.6 Å². The minimum atomic E-state index is 0.614. The lowest BCUT2D eigenvalue weighted by Gasteiger charge is -2.15. The van der Waals surface area contributed by atoms with Gasteiger partial charge in [-0.05, 0) is 84.9 Å². The molecular weight excluding hydrogens is 607 g/mol. The van der Waals surface area contributed by atoms with E-state index < -0.39 is 0 Å². The molecule has 232 valence electrons. The van der Waals surface area contributed by atoms with Crippen LogP contribution in [0.4, 0.5) is 0 Å². The van der Waals surface area contributed by atoms with Crippen molar-refractivity contribution < 1.29 is 0 Å². The quantitative estimate of drug-likeness (QED) is 0.140. The maximum atomic E-state index is 9.40. The van der Waals surface area contributed by atoms with Crippen LogP contribution in [0.1, 0.15) is 5.56 Å². The molecule has 0 amide bonds. The van der Waals surface area contributed by atoms with Crippen LogP contribution < -0.4 is 0 Å². The molecule has 0 saturated heterocycles. The molecule has 0 atom stereocenters. The van der Waals surface area contributed by atoms with Crippen LogP contribution in [0, 0.1) is 11.3 Å². The van der Waals surface area contributed by atoms with Gasteiger partial charge >= 0.3 is 0 Å². The summed E-state index contributed by atoms with van der Waals surface area (Å²) in [5.41, 5.74) is 9.77. The van der Waals surface area contributed by atoms with Gasteiger partial charge in [0.1, 0.15) is 0 Å². The number of nitriles is 1. The highest BCUT2D eigenvalue weighted by Crippen LogP contribution is 2.40. The molecule has 0 fully saturated rings. The maximum Gasteiger partial charge on any atom is 0.160 e. The average molecular weight is 636 g/mol. The normalized spacial score (nSPS) is 11.2. The summed E-state index contributed by atoms with van der Waals surface area (Å²) < 4.78 is 0. The number of hydrogen-bond donors (Lipinski definition) is 0. The van der Waals surface area contributed by atoms with Gasteiger partial charge in [0.2, 0.25) is 0 Å². The van der Waals surface area contributed by atoms with Gasteiger partial charge in [0.25, 0.3) is 0 Å². The number of benzene rings is 8. The third kappa shape index (κ3) is 5.26. The molecule has 0 aliphatic heterocycles. The predicted molar refractivity (Wildman–Crippen MR) is 206 cm³/mol. The molecule has 3 heteroatoms. The SMILES string of the molecule is N#Cc1ccc(-c2cc(-c3cccc(-c4ccccc4)c3)nc(-c3ccc(-c4c5ccccc5cc5c4ccc4ccccc45)cc3)n2)cc1. The molecule has 8 aromatic carbocycles. The molecule has 0 saturated carbocycles. The van der Waals surface area contributed by atoms with Gasteiger partial charge in [-0.15, -0.1) is 0 Å². The first-order valence-electron chi connectivity index (χ1n) is 16.7. The molecule has 50 heavy (non-hydrogen) atoms. The first-order chi connectivity index (χ1) is 24.7. The molecule has 0 spiro atoms. The Kier molecular flexibility index (Phi) is 7.19. The zero-order valence-electron chi connectivity index (χ0n) is 27.1. The van der Waals surface area contributed by atoms with Gasteiger partial charge in [0.15, 0.2) is 5.82 Å². The number of hydrogen-bond acceptors (Lipinski definition) is 3. The summed E-state index contributed by atoms with van der Waals surface area (Å²) >= 11 is 0. The van der Waals surface area contributed by atoms with Gasteiger partial charge in [-0.3, -0.25) is 0 Å². The van der Waals surface area contributed by atoms with Crippen molar-refractivity contribution in [3.8, 4) is 62.2 Å². The Labute approximate surface area is 290 Å². The highest BCUT2D eigenvalue weighted by molar-refractivity contribution is 6.20. The van der Waals surface area contributed by atoms with Crippen LogP contribution in [0.25, 0.3) is 88.5 Å². The second-order valence-corrected chi connectivity index (χ2v) is 12.5. The lowest BCUT2D eigenvalue weighted by molar-refractivity contribution is 1.18. The standard InChI is InChI=1S/C47H29N3/c48-30-31-17-19-34(20-18-31)44-29-45(39-14-8-13-37(27-39)32-9-2-1-3-10-32)50-47(49-44)36-23-21-35(22-24-36)46-41-16-7-5-12-38(41)28-43-40-15-6-4-11-33(40)25-26-42(43)46/h1-29H. The minimum absolute atomic E-state index is 0.614. The van der Waals surface area contributed by atoms with Crippen LogP contribution in [0.3, 0.4) is 0 Å². The Morgan fingerprint density at radius 2 is 0.980 bits per heavy atom. The summed E-state index contributed by atoms with van der Waals surface area (Å²) in [4.78, 5) is 10.2. The Morgan fingerprint density at radius 3 is 1.76 bits per heavy atom. The van der Waals surface area contributed by atoms with E-state index >= 15 is 0 Å². The lowest BCUT2D eigenvalue weighted by Crippen LogP contribution is -1.96. The Hall–Kier alpha value is -6.89. The smallest absolute Gasteiger partial charge is 0.160 e. The number of nitrogens with zero attached hydrogens (tertiary/aromatic N) is 3. The zero-order chi connectivity index (χ0) is 33.4. The summed E-state index contributed by atoms with van der Waals surface area (Å²) in [5.74, 6) is 0.646. The van der Waals surface area contributed by atoms with Gasteiger partial charge in [-0.1, -0.05) is 146 Å². The summed E-state index contributed by atoms with van der Waals surface area (Å²) in [7, 11) is 0. The van der Waals surface area contributed by atoms with E-state index in [1.165, 1.54) is 37.9 Å². The van der Waals surface area contributed by atoms with Gasteiger partial charge in [0, 0.05) is 16.7 Å². The monoisotopic (exact) mass is 635 g/mol. The summed E-state index contributed by atoms with van der Waals surface area (Å²) in [5, 5.41) is 16.8. The van der Waals surface area contributed by atoms with Gasteiger partial charge < -0.3 is 0 Å². The van der Waals surface area contributed by atoms with Crippen molar-refractivity contribution in [1.29, 1.82) is 5.26 Å². The number of rotatable bonds is 5. The van der Waals surface area contributed by atoms with E-state index in [0.717, 1.165) is 44.8 Å². The van der Waals surface area contributed by atoms with E-state index in [9.17, 15) is 5.26 Å². The molecule has 0 aliphatic rings. The molecule has 9 aromatic rings. The molecule has 3 nitrogen and oxygen atoms in total. The van der Waals surface area contributed by atoms with E-state index in [2.05, 4.69) is 146 Å². The van der Waals surface area contributed by atoms with E-state index in [0.29, 0.717) is 11.4 Å². The Balaban J connectivity index is 1.19. The summed E-state index contributed by atoms with van der Waals surface area (Å²) in [6.45, 7) is 0. The van der Waals surface area contributed by atoms with Gasteiger partial charge in [-0.25, -0.2) is 9.97 Å². The van der Waals surface area contributed by atoms with Gasteiger partial charge in [0.05, 0.1) is 23.0 Å². The summed E-state index contributed by atoms with van der Waals surface area (Å²) in [6, 6.07) is 63.4. The number of fused-ring (bicyclic) bond motifs is 4. The molecular formula is C47H29N3. The van der Waals surface area contributed by atoms with E-state index in [1.54, 1.807) is 0 Å². The largest absolute Gasteiger partial charge is 0.228 e. The molecule has 0 bridgehead atoms. The fourth-order valence-electron chi connectivity index (χ4n) is 6.99. The van der Waals surface area contributed by atoms with Crippen LogP contribution in [0.5, 0.6) is 0 Å². The van der Waals surface area contributed by atoms with Crippen LogP contribution >= 0.6 is 0 Å². The predicted octanol–water partition coefficient (Wildman–Crippen LogP) is 12.1. The van der Waals surface area contributed by atoms with Crippen LogP contribution in [0.2, 0.25) is 0 Å². The highest BCUT2D eigenvalue weighted by Gasteiger charge is 2.15. The molecule has 1 heterocycles. The third-order valence-corrected chi connectivity index (χ3v) is 9.50. The zero-order valence-corrected chi connectivity index (χ0v) is 27.1. The first-order valence-corrected chi connectivity index (χ1v) is 16.7. The van der Waals surface area contributed by atoms with Crippen molar-refractivity contribution >= 4 is 32.3 Å². The molecule has 9 rings (SSSR count). The summed E-state index contributed by atoms with van der Waals surface area (Å²) in [6.07, 6.45) is 0. The minimum Gasteiger partial charge on any atom is -0.228 e. The Morgan fingerprint density at radius 1 is 0.360 bits per heavy atom. The first kappa shape index (κ1) is 29.3. The van der Waals surface area contributed by atoms with E-state index in [-0.39, 0.29) is 0 Å². The van der Waals surface area contributed by atoms with E-state index in [1.807, 2.05) is 36.4 Å². The highest BCUT2D eigenvalue weighted by atomic mass is 14.9. The fraction of sp³-hybridized carbons (Fsp3) is 0. The van der Waals surface area contributed by atoms with Crippen LogP contribution in [0.15, 0.2) is 176 Å². The molecule has 0 N–H and O–H groups in total.